The van der Waals surface area contributed by atoms with E-state index in [0.29, 0.717) is 6.54 Å². The minimum absolute atomic E-state index is 0.0208. The molecule has 0 amide bonds. The number of halogens is 3. The van der Waals surface area contributed by atoms with Crippen LogP contribution in [0.2, 0.25) is 0 Å². The molecule has 1 aliphatic heterocycles. The van der Waals surface area contributed by atoms with Crippen LogP contribution in [0.5, 0.6) is 0 Å². The van der Waals surface area contributed by atoms with E-state index in [1.54, 1.807) is 23.0 Å². The SMILES string of the molecule is C=CN(C)CC(OC)N1CC(C(F)(F)F)C1. The van der Waals surface area contributed by atoms with E-state index >= 15 is 0 Å². The molecule has 1 atom stereocenters. The van der Waals surface area contributed by atoms with Gasteiger partial charge in [-0.3, -0.25) is 4.90 Å². The van der Waals surface area contributed by atoms with Gasteiger partial charge < -0.3 is 9.64 Å². The number of hydrogen-bond donors (Lipinski definition) is 0. The summed E-state index contributed by atoms with van der Waals surface area (Å²) < 4.78 is 42.0. The lowest BCUT2D eigenvalue weighted by Gasteiger charge is -2.44. The molecule has 1 heterocycles. The van der Waals surface area contributed by atoms with Crippen LogP contribution in [0.4, 0.5) is 13.2 Å². The van der Waals surface area contributed by atoms with Gasteiger partial charge in [-0.1, -0.05) is 6.58 Å². The van der Waals surface area contributed by atoms with Crippen LogP contribution in [-0.4, -0.2) is 56.0 Å². The molecule has 0 saturated carbocycles. The minimum atomic E-state index is -4.08. The van der Waals surface area contributed by atoms with Gasteiger partial charge in [0.2, 0.25) is 0 Å². The second-order valence-corrected chi connectivity index (χ2v) is 4.00. The van der Waals surface area contributed by atoms with Gasteiger partial charge in [0.25, 0.3) is 0 Å². The van der Waals surface area contributed by atoms with Crippen LogP contribution in [-0.2, 0) is 4.74 Å². The summed E-state index contributed by atoms with van der Waals surface area (Å²) >= 11 is 0. The molecule has 0 bridgehead atoms. The molecular weight excluding hydrogens is 221 g/mol. The molecule has 16 heavy (non-hydrogen) atoms. The molecule has 1 rings (SSSR count). The van der Waals surface area contributed by atoms with Crippen LogP contribution in [0.15, 0.2) is 12.8 Å². The van der Waals surface area contributed by atoms with Crippen molar-refractivity contribution >= 4 is 0 Å². The average molecular weight is 238 g/mol. The highest BCUT2D eigenvalue weighted by Crippen LogP contribution is 2.34. The first-order valence-corrected chi connectivity index (χ1v) is 5.04. The van der Waals surface area contributed by atoms with Crippen LogP contribution in [0.3, 0.4) is 0 Å². The van der Waals surface area contributed by atoms with Crippen molar-refractivity contribution in [3.63, 3.8) is 0 Å². The average Bonchev–Trinajstić information content (AvgIpc) is 2.11. The molecular formula is C10H17F3N2O. The standard InChI is InChI=1S/C10H17F3N2O/c1-4-14(2)7-9(16-3)15-5-8(6-15)10(11,12)13/h4,8-9H,1,5-7H2,2-3H3. The molecule has 0 aromatic rings. The van der Waals surface area contributed by atoms with Crippen molar-refractivity contribution in [3.05, 3.63) is 12.8 Å². The van der Waals surface area contributed by atoms with Crippen molar-refractivity contribution in [1.29, 1.82) is 0 Å². The zero-order valence-electron chi connectivity index (χ0n) is 9.50. The summed E-state index contributed by atoms with van der Waals surface area (Å²) in [6.45, 7) is 4.14. The summed E-state index contributed by atoms with van der Waals surface area (Å²) in [5.74, 6) is -1.21. The fourth-order valence-electron chi connectivity index (χ4n) is 1.61. The van der Waals surface area contributed by atoms with Gasteiger partial charge in [-0.05, 0) is 6.20 Å². The normalized spacial score (nSPS) is 20.3. The lowest BCUT2D eigenvalue weighted by molar-refractivity contribution is -0.229. The maximum absolute atomic E-state index is 12.3. The molecule has 0 radical (unpaired) electrons. The number of likely N-dealkylation sites (tertiary alicyclic amines) is 1. The van der Waals surface area contributed by atoms with Crippen LogP contribution < -0.4 is 0 Å². The minimum Gasteiger partial charge on any atom is -0.377 e. The Kier molecular flexibility index (Phi) is 4.21. The van der Waals surface area contributed by atoms with Crippen molar-refractivity contribution in [3.8, 4) is 0 Å². The summed E-state index contributed by atoms with van der Waals surface area (Å²) in [6, 6.07) is 0. The van der Waals surface area contributed by atoms with Crippen LogP contribution in [0.1, 0.15) is 0 Å². The number of nitrogens with zero attached hydrogens (tertiary/aromatic N) is 2. The van der Waals surface area contributed by atoms with Gasteiger partial charge in [0.05, 0.1) is 12.5 Å². The number of methoxy groups -OCH3 is 1. The number of alkyl halides is 3. The first-order chi connectivity index (χ1) is 7.38. The molecule has 0 N–H and O–H groups in total. The first-order valence-electron chi connectivity index (χ1n) is 5.04. The third kappa shape index (κ3) is 3.12. The van der Waals surface area contributed by atoms with E-state index in [1.807, 2.05) is 0 Å². The van der Waals surface area contributed by atoms with Gasteiger partial charge in [0, 0.05) is 27.2 Å². The third-order valence-corrected chi connectivity index (χ3v) is 2.81. The van der Waals surface area contributed by atoms with Gasteiger partial charge in [-0.2, -0.15) is 13.2 Å². The van der Waals surface area contributed by atoms with E-state index < -0.39 is 12.1 Å². The molecule has 1 saturated heterocycles. The highest BCUT2D eigenvalue weighted by atomic mass is 19.4. The molecule has 6 heteroatoms. The summed E-state index contributed by atoms with van der Waals surface area (Å²) in [5, 5.41) is 0. The van der Waals surface area contributed by atoms with E-state index in [-0.39, 0.29) is 19.3 Å². The highest BCUT2D eigenvalue weighted by Gasteiger charge is 2.48. The highest BCUT2D eigenvalue weighted by molar-refractivity contribution is 4.87. The summed E-state index contributed by atoms with van der Waals surface area (Å²) in [6.07, 6.45) is -2.77. The second kappa shape index (κ2) is 5.05. The predicted molar refractivity (Wildman–Crippen MR) is 54.7 cm³/mol. The topological polar surface area (TPSA) is 15.7 Å². The molecule has 0 aromatic heterocycles. The Bertz CT molecular complexity index is 239. The van der Waals surface area contributed by atoms with Crippen LogP contribution in [0, 0.1) is 5.92 Å². The summed E-state index contributed by atoms with van der Waals surface area (Å²) in [7, 11) is 3.31. The van der Waals surface area contributed by atoms with E-state index in [9.17, 15) is 13.2 Å². The van der Waals surface area contributed by atoms with Crippen molar-refractivity contribution in [2.75, 3.05) is 33.8 Å². The summed E-state index contributed by atoms with van der Waals surface area (Å²) in [4.78, 5) is 3.47. The van der Waals surface area contributed by atoms with Crippen molar-refractivity contribution < 1.29 is 17.9 Å². The molecule has 0 spiro atoms. The van der Waals surface area contributed by atoms with Gasteiger partial charge in [-0.15, -0.1) is 0 Å². The Morgan fingerprint density at radius 3 is 2.50 bits per heavy atom. The second-order valence-electron chi connectivity index (χ2n) is 4.00. The third-order valence-electron chi connectivity index (χ3n) is 2.81. The fraction of sp³-hybridized carbons (Fsp3) is 0.800. The fourth-order valence-corrected chi connectivity index (χ4v) is 1.61. The zero-order chi connectivity index (χ0) is 12.3. The number of ether oxygens (including phenoxy) is 1. The molecule has 0 aromatic carbocycles. The van der Waals surface area contributed by atoms with Gasteiger partial charge in [0.15, 0.2) is 0 Å². The lowest BCUT2D eigenvalue weighted by Crippen LogP contribution is -2.59. The Hall–Kier alpha value is -0.750. The smallest absolute Gasteiger partial charge is 0.377 e. The maximum Gasteiger partial charge on any atom is 0.394 e. The number of rotatable bonds is 5. The van der Waals surface area contributed by atoms with Gasteiger partial charge >= 0.3 is 6.18 Å². The van der Waals surface area contributed by atoms with Crippen molar-refractivity contribution in [2.24, 2.45) is 5.92 Å². The van der Waals surface area contributed by atoms with Gasteiger partial charge in [-0.25, -0.2) is 0 Å². The molecule has 94 valence electrons. The Morgan fingerprint density at radius 2 is 2.12 bits per heavy atom. The quantitative estimate of drug-likeness (QED) is 0.722. The van der Waals surface area contributed by atoms with Crippen molar-refractivity contribution in [1.82, 2.24) is 9.80 Å². The lowest BCUT2D eigenvalue weighted by atomic mass is 9.99. The number of hydrogen-bond acceptors (Lipinski definition) is 3. The first kappa shape index (κ1) is 13.3. The van der Waals surface area contributed by atoms with Gasteiger partial charge in [0.1, 0.15) is 6.23 Å². The van der Waals surface area contributed by atoms with E-state index in [2.05, 4.69) is 6.58 Å². The molecule has 1 unspecified atom stereocenters. The summed E-state index contributed by atoms with van der Waals surface area (Å²) in [5.41, 5.74) is 0. The molecule has 1 aliphatic rings. The van der Waals surface area contributed by atoms with E-state index in [4.69, 9.17) is 4.74 Å². The Labute approximate surface area is 93.5 Å². The monoisotopic (exact) mass is 238 g/mol. The molecule has 0 aliphatic carbocycles. The number of likely N-dealkylation sites (N-methyl/N-ethyl adjacent to an activating group) is 1. The largest absolute Gasteiger partial charge is 0.394 e. The van der Waals surface area contributed by atoms with Crippen LogP contribution >= 0.6 is 0 Å². The molecule has 3 nitrogen and oxygen atoms in total. The zero-order valence-corrected chi connectivity index (χ0v) is 9.50. The predicted octanol–water partition coefficient (Wildman–Crippen LogP) is 1.53. The van der Waals surface area contributed by atoms with E-state index in [0.717, 1.165) is 0 Å². The molecule has 1 fully saturated rings. The Balaban J connectivity index is 2.39. The van der Waals surface area contributed by atoms with Crippen molar-refractivity contribution in [2.45, 2.75) is 12.4 Å². The Morgan fingerprint density at radius 1 is 1.56 bits per heavy atom. The maximum atomic E-state index is 12.3. The van der Waals surface area contributed by atoms with Crippen LogP contribution in [0.25, 0.3) is 0 Å². The van der Waals surface area contributed by atoms with E-state index in [1.165, 1.54) is 7.11 Å².